The third-order valence-corrected chi connectivity index (χ3v) is 4.36. The molecule has 130 valence electrons. The topological polar surface area (TPSA) is 64.7 Å². The first-order chi connectivity index (χ1) is 11.9. The Bertz CT molecular complexity index is 885. The van der Waals surface area contributed by atoms with E-state index in [9.17, 15) is 4.79 Å². The molecule has 25 heavy (non-hydrogen) atoms. The number of aryl methyl sites for hydroxylation is 1. The number of nitrogens with one attached hydrogen (secondary N) is 1. The molecule has 3 rings (SSSR count). The summed E-state index contributed by atoms with van der Waals surface area (Å²) in [4.78, 5) is 12.4. The minimum atomic E-state index is -0.465. The SMILES string of the molecule is Cc1ccnn1C(C)C(=O)Nc1nn(Cc2ccc(Cl)cc2)cc1Cl. The highest BCUT2D eigenvalue weighted by molar-refractivity contribution is 6.33. The number of rotatable bonds is 5. The van der Waals surface area contributed by atoms with Gasteiger partial charge >= 0.3 is 0 Å². The average molecular weight is 378 g/mol. The zero-order valence-corrected chi connectivity index (χ0v) is 15.3. The molecule has 1 N–H and O–H groups in total. The van der Waals surface area contributed by atoms with Crippen molar-refractivity contribution in [3.05, 3.63) is 64.0 Å². The van der Waals surface area contributed by atoms with E-state index in [-0.39, 0.29) is 5.91 Å². The molecule has 3 aromatic rings. The van der Waals surface area contributed by atoms with E-state index in [1.54, 1.807) is 28.7 Å². The monoisotopic (exact) mass is 377 g/mol. The highest BCUT2D eigenvalue weighted by atomic mass is 35.5. The van der Waals surface area contributed by atoms with Gasteiger partial charge in [-0.2, -0.15) is 10.2 Å². The summed E-state index contributed by atoms with van der Waals surface area (Å²) in [5.41, 5.74) is 1.93. The lowest BCUT2D eigenvalue weighted by atomic mass is 10.2. The van der Waals surface area contributed by atoms with Gasteiger partial charge in [0, 0.05) is 23.1 Å². The summed E-state index contributed by atoms with van der Waals surface area (Å²) in [5, 5.41) is 12.3. The highest BCUT2D eigenvalue weighted by Gasteiger charge is 2.19. The van der Waals surface area contributed by atoms with Crippen LogP contribution in [0.2, 0.25) is 10.0 Å². The fourth-order valence-corrected chi connectivity index (χ4v) is 2.78. The molecule has 0 spiro atoms. The van der Waals surface area contributed by atoms with Crippen molar-refractivity contribution in [2.45, 2.75) is 26.4 Å². The Morgan fingerprint density at radius 2 is 1.96 bits per heavy atom. The molecule has 1 atom stereocenters. The van der Waals surface area contributed by atoms with Crippen LogP contribution in [0.4, 0.5) is 5.82 Å². The summed E-state index contributed by atoms with van der Waals surface area (Å²) in [6, 6.07) is 8.85. The predicted octanol–water partition coefficient (Wildman–Crippen LogP) is 3.94. The first-order valence-corrected chi connectivity index (χ1v) is 8.48. The Morgan fingerprint density at radius 1 is 1.24 bits per heavy atom. The first kappa shape index (κ1) is 17.5. The second-order valence-corrected chi connectivity index (χ2v) is 6.58. The van der Waals surface area contributed by atoms with E-state index in [1.807, 2.05) is 37.3 Å². The molecule has 0 aliphatic heterocycles. The van der Waals surface area contributed by atoms with Gasteiger partial charge in [0.1, 0.15) is 11.1 Å². The number of benzene rings is 1. The van der Waals surface area contributed by atoms with Crippen molar-refractivity contribution in [2.24, 2.45) is 0 Å². The van der Waals surface area contributed by atoms with Crippen LogP contribution in [-0.2, 0) is 11.3 Å². The summed E-state index contributed by atoms with van der Waals surface area (Å²) in [7, 11) is 0. The summed E-state index contributed by atoms with van der Waals surface area (Å²) >= 11 is 12.1. The van der Waals surface area contributed by atoms with Gasteiger partial charge in [-0.1, -0.05) is 35.3 Å². The van der Waals surface area contributed by atoms with Crippen LogP contribution < -0.4 is 5.32 Å². The van der Waals surface area contributed by atoms with E-state index in [0.29, 0.717) is 22.4 Å². The maximum atomic E-state index is 12.4. The minimum absolute atomic E-state index is 0.231. The number of carbonyl (C=O) groups excluding carboxylic acids is 1. The van der Waals surface area contributed by atoms with Gasteiger partial charge in [0.2, 0.25) is 5.91 Å². The molecule has 1 amide bonds. The molecular weight excluding hydrogens is 361 g/mol. The van der Waals surface area contributed by atoms with Crippen molar-refractivity contribution in [3.8, 4) is 0 Å². The van der Waals surface area contributed by atoms with Crippen molar-refractivity contribution in [3.63, 3.8) is 0 Å². The smallest absolute Gasteiger partial charge is 0.250 e. The molecule has 0 aliphatic rings. The quantitative estimate of drug-likeness (QED) is 0.731. The van der Waals surface area contributed by atoms with E-state index in [2.05, 4.69) is 15.5 Å². The standard InChI is InChI=1S/C17H17Cl2N5O/c1-11-7-8-20-24(11)12(2)17(25)21-16-15(19)10-23(22-16)9-13-3-5-14(18)6-4-13/h3-8,10,12H,9H2,1-2H3,(H,21,22,25). The van der Waals surface area contributed by atoms with Crippen LogP contribution in [0.1, 0.15) is 24.2 Å². The van der Waals surface area contributed by atoms with Gasteiger partial charge in [-0.3, -0.25) is 14.2 Å². The first-order valence-electron chi connectivity index (χ1n) is 7.72. The van der Waals surface area contributed by atoms with Gasteiger partial charge in [0.05, 0.1) is 6.54 Å². The molecule has 0 radical (unpaired) electrons. The molecule has 0 saturated heterocycles. The Balaban J connectivity index is 1.71. The molecule has 2 heterocycles. The van der Waals surface area contributed by atoms with Crippen molar-refractivity contribution < 1.29 is 4.79 Å². The van der Waals surface area contributed by atoms with Crippen LogP contribution in [0, 0.1) is 6.92 Å². The second-order valence-electron chi connectivity index (χ2n) is 5.73. The molecule has 2 aromatic heterocycles. The molecule has 1 aromatic carbocycles. The van der Waals surface area contributed by atoms with Gasteiger partial charge in [-0.25, -0.2) is 0 Å². The summed E-state index contributed by atoms with van der Waals surface area (Å²) < 4.78 is 3.32. The largest absolute Gasteiger partial charge is 0.306 e. The number of amides is 1. The normalized spacial score (nSPS) is 12.2. The number of nitrogens with zero attached hydrogens (tertiary/aromatic N) is 4. The van der Waals surface area contributed by atoms with E-state index in [4.69, 9.17) is 23.2 Å². The highest BCUT2D eigenvalue weighted by Crippen LogP contribution is 2.22. The average Bonchev–Trinajstić information content (AvgIpc) is 3.15. The molecular formula is C17H17Cl2N5O. The Kier molecular flexibility index (Phi) is 5.11. The van der Waals surface area contributed by atoms with Gasteiger partial charge in [0.25, 0.3) is 0 Å². The summed E-state index contributed by atoms with van der Waals surface area (Å²) in [6.07, 6.45) is 3.34. The van der Waals surface area contributed by atoms with Gasteiger partial charge in [0.15, 0.2) is 5.82 Å². The van der Waals surface area contributed by atoms with Gasteiger partial charge in [-0.15, -0.1) is 0 Å². The molecule has 0 fully saturated rings. The Labute approximate surface area is 155 Å². The molecule has 1 unspecified atom stereocenters. The predicted molar refractivity (Wildman–Crippen MR) is 98.1 cm³/mol. The molecule has 0 saturated carbocycles. The summed E-state index contributed by atoms with van der Waals surface area (Å²) in [6.45, 7) is 4.19. The van der Waals surface area contributed by atoms with Crippen molar-refractivity contribution >= 4 is 34.9 Å². The maximum Gasteiger partial charge on any atom is 0.250 e. The van der Waals surface area contributed by atoms with Crippen molar-refractivity contribution in [2.75, 3.05) is 5.32 Å². The number of carbonyl (C=O) groups is 1. The molecule has 6 nitrogen and oxygen atoms in total. The lowest BCUT2D eigenvalue weighted by Gasteiger charge is -2.13. The number of hydrogen-bond acceptors (Lipinski definition) is 3. The zero-order valence-electron chi connectivity index (χ0n) is 13.8. The van der Waals surface area contributed by atoms with Gasteiger partial charge in [-0.05, 0) is 37.6 Å². The van der Waals surface area contributed by atoms with Crippen LogP contribution >= 0.6 is 23.2 Å². The lowest BCUT2D eigenvalue weighted by molar-refractivity contribution is -0.119. The maximum absolute atomic E-state index is 12.4. The van der Waals surface area contributed by atoms with Crippen molar-refractivity contribution in [1.29, 1.82) is 0 Å². The van der Waals surface area contributed by atoms with Crippen molar-refractivity contribution in [1.82, 2.24) is 19.6 Å². The van der Waals surface area contributed by atoms with Crippen LogP contribution in [-0.4, -0.2) is 25.5 Å². The second kappa shape index (κ2) is 7.29. The van der Waals surface area contributed by atoms with E-state index in [0.717, 1.165) is 11.3 Å². The third-order valence-electron chi connectivity index (χ3n) is 3.83. The number of aromatic nitrogens is 4. The molecule has 0 aliphatic carbocycles. The number of hydrogen-bond donors (Lipinski definition) is 1. The third kappa shape index (κ3) is 4.03. The van der Waals surface area contributed by atoms with Crippen LogP contribution in [0.3, 0.4) is 0 Å². The lowest BCUT2D eigenvalue weighted by Crippen LogP contribution is -2.25. The Morgan fingerprint density at radius 3 is 2.60 bits per heavy atom. The van der Waals surface area contributed by atoms with Crippen LogP contribution in [0.25, 0.3) is 0 Å². The Hall–Kier alpha value is -2.31. The zero-order chi connectivity index (χ0) is 18.0. The fraction of sp³-hybridized carbons (Fsp3) is 0.235. The van der Waals surface area contributed by atoms with E-state index < -0.39 is 6.04 Å². The van der Waals surface area contributed by atoms with E-state index >= 15 is 0 Å². The fourth-order valence-electron chi connectivity index (χ4n) is 2.46. The number of anilines is 1. The number of halogens is 2. The van der Waals surface area contributed by atoms with E-state index in [1.165, 1.54) is 0 Å². The molecule has 8 heteroatoms. The van der Waals surface area contributed by atoms with Gasteiger partial charge < -0.3 is 5.32 Å². The van der Waals surface area contributed by atoms with Crippen LogP contribution in [0.15, 0.2) is 42.7 Å². The minimum Gasteiger partial charge on any atom is -0.306 e. The molecule has 0 bridgehead atoms. The van der Waals surface area contributed by atoms with Crippen LogP contribution in [0.5, 0.6) is 0 Å². The summed E-state index contributed by atoms with van der Waals surface area (Å²) in [5.74, 6) is 0.0998.